The van der Waals surface area contributed by atoms with Gasteiger partial charge in [-0.05, 0) is 45.9 Å². The molecule has 0 unspecified atom stereocenters. The van der Waals surface area contributed by atoms with E-state index < -0.39 is 0 Å². The summed E-state index contributed by atoms with van der Waals surface area (Å²) < 4.78 is 3.70. The van der Waals surface area contributed by atoms with E-state index in [4.69, 9.17) is 0 Å². The summed E-state index contributed by atoms with van der Waals surface area (Å²) in [6.45, 7) is 8.00. The van der Waals surface area contributed by atoms with Crippen molar-refractivity contribution in [3.05, 3.63) is 59.2 Å². The molecular weight excluding hydrogens is 338 g/mol. The van der Waals surface area contributed by atoms with Crippen LogP contribution in [-0.4, -0.2) is 34.7 Å². The number of nitrogens with one attached hydrogen (secondary N) is 1. The maximum absolute atomic E-state index is 4.62. The Balaban J connectivity index is 1.93. The molecule has 7 nitrogen and oxygen atoms in total. The molecule has 0 saturated carbocycles. The van der Waals surface area contributed by atoms with E-state index in [0.29, 0.717) is 5.82 Å². The predicted octanol–water partition coefficient (Wildman–Crippen LogP) is 3.72. The van der Waals surface area contributed by atoms with Gasteiger partial charge in [-0.2, -0.15) is 10.2 Å². The quantitative estimate of drug-likeness (QED) is 0.522. The summed E-state index contributed by atoms with van der Waals surface area (Å²) in [7, 11) is 0. The number of H-pyrrole nitrogens is 1. The fourth-order valence-electron chi connectivity index (χ4n) is 3.72. The summed E-state index contributed by atoms with van der Waals surface area (Å²) in [5, 5.41) is 20.4. The van der Waals surface area contributed by atoms with Crippen LogP contribution in [0, 0.1) is 27.7 Å². The first-order chi connectivity index (χ1) is 13.0. The fraction of sp³-hybridized carbons (Fsp3) is 0.200. The van der Waals surface area contributed by atoms with Crippen LogP contribution < -0.4 is 0 Å². The second kappa shape index (κ2) is 5.51. The monoisotopic (exact) mass is 357 g/mol. The predicted molar refractivity (Wildman–Crippen MR) is 105 cm³/mol. The van der Waals surface area contributed by atoms with Crippen LogP contribution in [-0.2, 0) is 0 Å². The molecule has 4 aromatic heterocycles. The fourth-order valence-corrected chi connectivity index (χ4v) is 3.72. The Morgan fingerprint density at radius 2 is 1.37 bits per heavy atom. The first-order valence-electron chi connectivity index (χ1n) is 8.87. The number of hydrogen-bond acceptors (Lipinski definition) is 4. The molecular formula is C20H19N7. The molecule has 7 heteroatoms. The molecule has 4 heterocycles. The molecule has 134 valence electrons. The summed E-state index contributed by atoms with van der Waals surface area (Å²) in [4.78, 5) is 3.51. The van der Waals surface area contributed by atoms with Gasteiger partial charge in [-0.15, -0.1) is 10.2 Å². The van der Waals surface area contributed by atoms with E-state index in [-0.39, 0.29) is 0 Å². The molecule has 0 aliphatic heterocycles. The van der Waals surface area contributed by atoms with Gasteiger partial charge in [0.25, 0.3) is 0 Å². The molecule has 0 saturated heterocycles. The number of rotatable bonds is 2. The maximum Gasteiger partial charge on any atom is 0.200 e. The number of benzene rings is 1. The normalized spacial score (nSPS) is 11.7. The highest BCUT2D eigenvalue weighted by atomic mass is 15.4. The van der Waals surface area contributed by atoms with E-state index in [1.807, 2.05) is 61.3 Å². The molecule has 0 bridgehead atoms. The lowest BCUT2D eigenvalue weighted by Crippen LogP contribution is -2.09. The molecule has 1 aromatic carbocycles. The topological polar surface area (TPSA) is 77.2 Å². The van der Waals surface area contributed by atoms with Crippen molar-refractivity contribution in [1.29, 1.82) is 0 Å². The number of aryl methyl sites for hydroxylation is 4. The highest BCUT2D eigenvalue weighted by Gasteiger charge is 2.20. The third kappa shape index (κ3) is 2.28. The number of aromatic nitrogens is 7. The van der Waals surface area contributed by atoms with Crippen LogP contribution in [0.4, 0.5) is 0 Å². The molecule has 0 spiro atoms. The Kier molecular flexibility index (Phi) is 3.21. The van der Waals surface area contributed by atoms with E-state index >= 15 is 0 Å². The minimum absolute atomic E-state index is 0.692. The standard InChI is InChI=1S/C20H19N7/c1-11-9-13(3)26(24-11)19-17-15-7-5-6-8-16(15)21-18(17)20(23-22-19)27-14(4)10-12(2)25-27/h5-10,21H,1-4H3. The summed E-state index contributed by atoms with van der Waals surface area (Å²) in [6.07, 6.45) is 0. The minimum Gasteiger partial charge on any atom is -0.351 e. The largest absolute Gasteiger partial charge is 0.351 e. The Hall–Kier alpha value is -3.48. The summed E-state index contributed by atoms with van der Waals surface area (Å²) >= 11 is 0. The first kappa shape index (κ1) is 15.7. The van der Waals surface area contributed by atoms with Crippen molar-refractivity contribution in [2.75, 3.05) is 0 Å². The molecule has 0 amide bonds. The third-order valence-electron chi connectivity index (χ3n) is 4.81. The molecule has 1 N–H and O–H groups in total. The van der Waals surface area contributed by atoms with Crippen LogP contribution in [0.5, 0.6) is 0 Å². The highest BCUT2D eigenvalue weighted by molar-refractivity contribution is 6.12. The van der Waals surface area contributed by atoms with E-state index in [0.717, 1.165) is 50.4 Å². The van der Waals surface area contributed by atoms with Crippen molar-refractivity contribution in [2.24, 2.45) is 0 Å². The Morgan fingerprint density at radius 1 is 0.778 bits per heavy atom. The third-order valence-corrected chi connectivity index (χ3v) is 4.81. The molecule has 0 aliphatic carbocycles. The van der Waals surface area contributed by atoms with Crippen LogP contribution in [0.15, 0.2) is 36.4 Å². The van der Waals surface area contributed by atoms with Gasteiger partial charge in [-0.3, -0.25) is 0 Å². The lowest BCUT2D eigenvalue weighted by Gasteiger charge is -2.09. The number of fused-ring (bicyclic) bond motifs is 3. The van der Waals surface area contributed by atoms with Crippen molar-refractivity contribution in [3.8, 4) is 11.6 Å². The van der Waals surface area contributed by atoms with Crippen LogP contribution in [0.2, 0.25) is 0 Å². The molecule has 5 rings (SSSR count). The van der Waals surface area contributed by atoms with Crippen LogP contribution in [0.3, 0.4) is 0 Å². The van der Waals surface area contributed by atoms with Gasteiger partial charge in [0.2, 0.25) is 0 Å². The molecule has 0 aliphatic rings. The molecule has 5 aromatic rings. The van der Waals surface area contributed by atoms with E-state index in [2.05, 4.69) is 37.5 Å². The van der Waals surface area contributed by atoms with Crippen LogP contribution in [0.25, 0.3) is 33.4 Å². The van der Waals surface area contributed by atoms with Gasteiger partial charge in [0, 0.05) is 22.3 Å². The Bertz CT molecular complexity index is 1320. The van der Waals surface area contributed by atoms with Gasteiger partial charge in [0.15, 0.2) is 11.6 Å². The van der Waals surface area contributed by atoms with Crippen molar-refractivity contribution < 1.29 is 0 Å². The average molecular weight is 357 g/mol. The lowest BCUT2D eigenvalue weighted by molar-refractivity contribution is 0.756. The number of hydrogen-bond donors (Lipinski definition) is 1. The van der Waals surface area contributed by atoms with Crippen molar-refractivity contribution in [3.63, 3.8) is 0 Å². The van der Waals surface area contributed by atoms with Gasteiger partial charge < -0.3 is 4.98 Å². The summed E-state index contributed by atoms with van der Waals surface area (Å²) in [6, 6.07) is 12.3. The summed E-state index contributed by atoms with van der Waals surface area (Å²) in [5.41, 5.74) is 5.87. The molecule has 0 radical (unpaired) electrons. The lowest BCUT2D eigenvalue weighted by atomic mass is 10.2. The Morgan fingerprint density at radius 3 is 2.00 bits per heavy atom. The zero-order chi connectivity index (χ0) is 18.7. The zero-order valence-electron chi connectivity index (χ0n) is 15.6. The second-order valence-electron chi connectivity index (χ2n) is 6.95. The van der Waals surface area contributed by atoms with Crippen molar-refractivity contribution in [1.82, 2.24) is 34.7 Å². The zero-order valence-corrected chi connectivity index (χ0v) is 15.6. The number of nitrogens with zero attached hydrogens (tertiary/aromatic N) is 6. The average Bonchev–Trinajstić information content (AvgIpc) is 3.29. The van der Waals surface area contributed by atoms with E-state index in [1.165, 1.54) is 0 Å². The number of para-hydroxylation sites is 1. The SMILES string of the molecule is Cc1cc(C)n(-c2nnc(-n3nc(C)cc3C)c3c2[nH]c2ccccc23)n1. The van der Waals surface area contributed by atoms with Crippen LogP contribution >= 0.6 is 0 Å². The first-order valence-corrected chi connectivity index (χ1v) is 8.87. The maximum atomic E-state index is 4.62. The van der Waals surface area contributed by atoms with E-state index in [9.17, 15) is 0 Å². The molecule has 0 atom stereocenters. The van der Waals surface area contributed by atoms with Gasteiger partial charge in [-0.1, -0.05) is 18.2 Å². The van der Waals surface area contributed by atoms with E-state index in [1.54, 1.807) is 0 Å². The van der Waals surface area contributed by atoms with Gasteiger partial charge >= 0.3 is 0 Å². The Labute approximate surface area is 155 Å². The van der Waals surface area contributed by atoms with Crippen molar-refractivity contribution >= 4 is 21.8 Å². The van der Waals surface area contributed by atoms with Crippen LogP contribution in [0.1, 0.15) is 22.8 Å². The molecule has 27 heavy (non-hydrogen) atoms. The minimum atomic E-state index is 0.692. The van der Waals surface area contributed by atoms with Gasteiger partial charge in [0.1, 0.15) is 0 Å². The summed E-state index contributed by atoms with van der Waals surface area (Å²) in [5.74, 6) is 1.41. The van der Waals surface area contributed by atoms with Gasteiger partial charge in [-0.25, -0.2) is 9.36 Å². The van der Waals surface area contributed by atoms with Crippen molar-refractivity contribution in [2.45, 2.75) is 27.7 Å². The second-order valence-corrected chi connectivity index (χ2v) is 6.95. The number of aromatic amines is 1. The molecule has 0 fully saturated rings. The van der Waals surface area contributed by atoms with Gasteiger partial charge in [0.05, 0.1) is 22.3 Å². The smallest absolute Gasteiger partial charge is 0.200 e. The highest BCUT2D eigenvalue weighted by Crippen LogP contribution is 2.32.